The summed E-state index contributed by atoms with van der Waals surface area (Å²) in [6.45, 7) is 4.57. The van der Waals surface area contributed by atoms with E-state index in [2.05, 4.69) is 43.4 Å². The zero-order valence-corrected chi connectivity index (χ0v) is 12.5. The minimum atomic E-state index is 0.355. The standard InChI is InChI=1S/C16H22N2S/c1-11(13-7-3-4-8-13)17-12(2)16-18-14-9-5-6-10-15(14)19-16/h5-6,9-13,17H,3-4,7-8H2,1-2H3. The summed E-state index contributed by atoms with van der Waals surface area (Å²) < 4.78 is 1.29. The molecule has 1 heterocycles. The van der Waals surface area contributed by atoms with E-state index in [1.807, 2.05) is 11.3 Å². The Labute approximate surface area is 119 Å². The highest BCUT2D eigenvalue weighted by molar-refractivity contribution is 7.18. The van der Waals surface area contributed by atoms with Crippen molar-refractivity contribution in [2.45, 2.75) is 51.6 Å². The molecule has 102 valence electrons. The zero-order valence-electron chi connectivity index (χ0n) is 11.7. The van der Waals surface area contributed by atoms with Crippen LogP contribution < -0.4 is 5.32 Å². The molecule has 1 aliphatic carbocycles. The lowest BCUT2D eigenvalue weighted by Crippen LogP contribution is -2.34. The number of benzene rings is 1. The Kier molecular flexibility index (Phi) is 3.85. The second-order valence-electron chi connectivity index (χ2n) is 5.74. The maximum Gasteiger partial charge on any atom is 0.111 e. The molecule has 1 aromatic heterocycles. The molecule has 0 aliphatic heterocycles. The Morgan fingerprint density at radius 1 is 1.21 bits per heavy atom. The molecule has 1 aliphatic rings. The molecule has 19 heavy (non-hydrogen) atoms. The van der Waals surface area contributed by atoms with E-state index in [4.69, 9.17) is 4.98 Å². The topological polar surface area (TPSA) is 24.9 Å². The molecule has 1 aromatic carbocycles. The Balaban J connectivity index is 1.70. The van der Waals surface area contributed by atoms with Crippen LogP contribution in [0.5, 0.6) is 0 Å². The first-order chi connectivity index (χ1) is 9.24. The van der Waals surface area contributed by atoms with Gasteiger partial charge in [-0.1, -0.05) is 25.0 Å². The van der Waals surface area contributed by atoms with Gasteiger partial charge in [-0.25, -0.2) is 4.98 Å². The summed E-state index contributed by atoms with van der Waals surface area (Å²) in [4.78, 5) is 4.75. The summed E-state index contributed by atoms with van der Waals surface area (Å²) in [7, 11) is 0. The third-order valence-corrected chi connectivity index (χ3v) is 5.52. The molecule has 0 saturated heterocycles. The van der Waals surface area contributed by atoms with Gasteiger partial charge in [0.2, 0.25) is 0 Å². The molecule has 0 amide bonds. The third kappa shape index (κ3) is 2.82. The molecular formula is C16H22N2S. The molecule has 0 spiro atoms. The van der Waals surface area contributed by atoms with Crippen molar-refractivity contribution in [1.82, 2.24) is 10.3 Å². The van der Waals surface area contributed by atoms with Gasteiger partial charge >= 0.3 is 0 Å². The molecule has 3 rings (SSSR count). The van der Waals surface area contributed by atoms with E-state index in [-0.39, 0.29) is 0 Å². The number of rotatable bonds is 4. The highest BCUT2D eigenvalue weighted by Crippen LogP contribution is 2.30. The molecule has 0 radical (unpaired) electrons. The van der Waals surface area contributed by atoms with Gasteiger partial charge in [-0.3, -0.25) is 0 Å². The van der Waals surface area contributed by atoms with Crippen LogP contribution in [0, 0.1) is 5.92 Å². The Bertz CT molecular complexity index is 509. The van der Waals surface area contributed by atoms with Crippen molar-refractivity contribution >= 4 is 21.6 Å². The van der Waals surface area contributed by atoms with Crippen LogP contribution in [-0.2, 0) is 0 Å². The number of aromatic nitrogens is 1. The Morgan fingerprint density at radius 3 is 2.68 bits per heavy atom. The fourth-order valence-electron chi connectivity index (χ4n) is 3.13. The Hall–Kier alpha value is -0.930. The summed E-state index contributed by atoms with van der Waals surface area (Å²) in [5.41, 5.74) is 1.13. The van der Waals surface area contributed by atoms with Crippen LogP contribution in [0.15, 0.2) is 24.3 Å². The van der Waals surface area contributed by atoms with Crippen LogP contribution in [0.4, 0.5) is 0 Å². The van der Waals surface area contributed by atoms with Crippen LogP contribution >= 0.6 is 11.3 Å². The summed E-state index contributed by atoms with van der Waals surface area (Å²) in [6.07, 6.45) is 5.60. The number of nitrogens with zero attached hydrogens (tertiary/aromatic N) is 1. The predicted molar refractivity (Wildman–Crippen MR) is 82.6 cm³/mol. The Morgan fingerprint density at radius 2 is 1.95 bits per heavy atom. The molecule has 2 unspecified atom stereocenters. The van der Waals surface area contributed by atoms with Gasteiger partial charge in [-0.2, -0.15) is 0 Å². The maximum absolute atomic E-state index is 4.75. The van der Waals surface area contributed by atoms with Gasteiger partial charge in [-0.15, -0.1) is 11.3 Å². The molecule has 3 heteroatoms. The summed E-state index contributed by atoms with van der Waals surface area (Å²) >= 11 is 1.82. The largest absolute Gasteiger partial charge is 0.305 e. The van der Waals surface area contributed by atoms with Gasteiger partial charge in [0.1, 0.15) is 5.01 Å². The molecule has 2 aromatic rings. The van der Waals surface area contributed by atoms with E-state index in [9.17, 15) is 0 Å². The van der Waals surface area contributed by atoms with Crippen LogP contribution in [0.3, 0.4) is 0 Å². The number of nitrogens with one attached hydrogen (secondary N) is 1. The van der Waals surface area contributed by atoms with Crippen molar-refractivity contribution in [3.63, 3.8) is 0 Å². The lowest BCUT2D eigenvalue weighted by molar-refractivity contribution is 0.352. The van der Waals surface area contributed by atoms with Crippen LogP contribution in [0.1, 0.15) is 50.6 Å². The molecule has 1 N–H and O–H groups in total. The van der Waals surface area contributed by atoms with Crippen LogP contribution in [0.25, 0.3) is 10.2 Å². The first-order valence-electron chi connectivity index (χ1n) is 7.35. The lowest BCUT2D eigenvalue weighted by atomic mass is 9.99. The minimum Gasteiger partial charge on any atom is -0.305 e. The minimum absolute atomic E-state index is 0.355. The average Bonchev–Trinajstić information content (AvgIpc) is 3.07. The van der Waals surface area contributed by atoms with E-state index >= 15 is 0 Å². The molecule has 2 atom stereocenters. The number of hydrogen-bond donors (Lipinski definition) is 1. The van der Waals surface area contributed by atoms with Gasteiger partial charge in [0.05, 0.1) is 16.3 Å². The van der Waals surface area contributed by atoms with E-state index < -0.39 is 0 Å². The maximum atomic E-state index is 4.75. The normalized spacial score (nSPS) is 19.9. The fraction of sp³-hybridized carbons (Fsp3) is 0.562. The van der Waals surface area contributed by atoms with Crippen molar-refractivity contribution in [3.05, 3.63) is 29.3 Å². The van der Waals surface area contributed by atoms with Crippen molar-refractivity contribution in [1.29, 1.82) is 0 Å². The van der Waals surface area contributed by atoms with Gasteiger partial charge in [0.15, 0.2) is 0 Å². The zero-order chi connectivity index (χ0) is 13.2. The van der Waals surface area contributed by atoms with Crippen LogP contribution in [-0.4, -0.2) is 11.0 Å². The van der Waals surface area contributed by atoms with E-state index in [0.29, 0.717) is 12.1 Å². The molecule has 1 saturated carbocycles. The average molecular weight is 274 g/mol. The molecular weight excluding hydrogens is 252 g/mol. The lowest BCUT2D eigenvalue weighted by Gasteiger charge is -2.23. The summed E-state index contributed by atoms with van der Waals surface area (Å²) in [5, 5.41) is 4.96. The second-order valence-corrected chi connectivity index (χ2v) is 6.80. The van der Waals surface area contributed by atoms with Crippen molar-refractivity contribution in [2.75, 3.05) is 0 Å². The quantitative estimate of drug-likeness (QED) is 0.886. The van der Waals surface area contributed by atoms with Gasteiger partial charge in [0, 0.05) is 6.04 Å². The first-order valence-corrected chi connectivity index (χ1v) is 8.17. The van der Waals surface area contributed by atoms with E-state index in [1.54, 1.807) is 0 Å². The fourth-order valence-corrected chi connectivity index (χ4v) is 4.11. The monoisotopic (exact) mass is 274 g/mol. The summed E-state index contributed by atoms with van der Waals surface area (Å²) in [6, 6.07) is 9.36. The van der Waals surface area contributed by atoms with Gasteiger partial charge in [0.25, 0.3) is 0 Å². The number of fused-ring (bicyclic) bond motifs is 1. The summed E-state index contributed by atoms with van der Waals surface area (Å²) in [5.74, 6) is 0.858. The SMILES string of the molecule is CC(NC(C)C1CCCC1)c1nc2ccccc2s1. The van der Waals surface area contributed by atoms with E-state index in [0.717, 1.165) is 11.4 Å². The molecule has 0 bridgehead atoms. The highest BCUT2D eigenvalue weighted by Gasteiger charge is 2.23. The third-order valence-electron chi connectivity index (χ3n) is 4.30. The number of hydrogen-bond acceptors (Lipinski definition) is 3. The predicted octanol–water partition coefficient (Wildman–Crippen LogP) is 4.53. The first kappa shape index (κ1) is 13.1. The molecule has 1 fully saturated rings. The second kappa shape index (κ2) is 5.59. The van der Waals surface area contributed by atoms with Crippen molar-refractivity contribution in [2.24, 2.45) is 5.92 Å². The van der Waals surface area contributed by atoms with Gasteiger partial charge < -0.3 is 5.32 Å². The van der Waals surface area contributed by atoms with Crippen LogP contribution in [0.2, 0.25) is 0 Å². The number of thiazole rings is 1. The highest BCUT2D eigenvalue weighted by atomic mass is 32.1. The molecule has 2 nitrogen and oxygen atoms in total. The number of para-hydroxylation sites is 1. The van der Waals surface area contributed by atoms with Gasteiger partial charge in [-0.05, 0) is 44.7 Å². The van der Waals surface area contributed by atoms with Crippen molar-refractivity contribution < 1.29 is 0 Å². The van der Waals surface area contributed by atoms with E-state index in [1.165, 1.54) is 35.4 Å². The smallest absolute Gasteiger partial charge is 0.111 e. The van der Waals surface area contributed by atoms with Crippen molar-refractivity contribution in [3.8, 4) is 0 Å².